The number of carbonyl (C=O) groups excluding carboxylic acids is 2. The molecule has 2 aromatic rings. The summed E-state index contributed by atoms with van der Waals surface area (Å²) in [5, 5.41) is 0. The second-order valence-corrected chi connectivity index (χ2v) is 7.29. The van der Waals surface area contributed by atoms with Crippen LogP contribution in [-0.4, -0.2) is 61.8 Å². The highest BCUT2D eigenvalue weighted by atomic mass is 32.2. The normalized spacial score (nSPS) is 20.9. The lowest BCUT2D eigenvalue weighted by atomic mass is 10.2. The van der Waals surface area contributed by atoms with Gasteiger partial charge in [-0.3, -0.25) is 9.59 Å². The topological polar surface area (TPSA) is 57.9 Å². The summed E-state index contributed by atoms with van der Waals surface area (Å²) in [5.41, 5.74) is 1.58. The van der Waals surface area contributed by atoms with E-state index in [0.29, 0.717) is 11.6 Å². The second-order valence-electron chi connectivity index (χ2n) is 6.29. The second kappa shape index (κ2) is 6.47. The highest BCUT2D eigenvalue weighted by Gasteiger charge is 2.37. The Hall–Kier alpha value is -2.02. The molecule has 2 fully saturated rings. The van der Waals surface area contributed by atoms with Crippen LogP contribution in [0.4, 0.5) is 0 Å². The molecule has 0 N–H and O–H groups in total. The van der Waals surface area contributed by atoms with E-state index in [1.165, 1.54) is 0 Å². The van der Waals surface area contributed by atoms with Gasteiger partial charge in [-0.25, -0.2) is 4.98 Å². The maximum Gasteiger partial charge on any atom is 0.246 e. The summed E-state index contributed by atoms with van der Waals surface area (Å²) in [5.74, 6) is 1.39. The van der Waals surface area contributed by atoms with Gasteiger partial charge in [0.1, 0.15) is 11.7 Å². The molecule has 24 heavy (non-hydrogen) atoms. The molecule has 0 saturated carbocycles. The predicted molar refractivity (Wildman–Crippen MR) is 92.7 cm³/mol. The fraction of sp³-hybridized carbons (Fsp3) is 0.471. The molecule has 4 heterocycles. The molecule has 1 atom stereocenters. The molecule has 0 aromatic carbocycles. The number of likely N-dealkylation sites (tertiary alicyclic amines) is 1. The van der Waals surface area contributed by atoms with Crippen LogP contribution in [0.25, 0.3) is 5.65 Å². The summed E-state index contributed by atoms with van der Waals surface area (Å²) < 4.78 is 1.91. The molecule has 0 aliphatic carbocycles. The highest BCUT2D eigenvalue weighted by molar-refractivity contribution is 7.99. The molecule has 2 aliphatic rings. The van der Waals surface area contributed by atoms with Gasteiger partial charge in [-0.2, -0.15) is 0 Å². The first kappa shape index (κ1) is 15.5. The molecule has 2 aromatic heterocycles. The smallest absolute Gasteiger partial charge is 0.246 e. The van der Waals surface area contributed by atoms with Crippen molar-refractivity contribution in [2.45, 2.75) is 25.3 Å². The van der Waals surface area contributed by atoms with Crippen molar-refractivity contribution >= 4 is 29.2 Å². The maximum atomic E-state index is 12.7. The number of hydrogen-bond donors (Lipinski definition) is 0. The number of hydrogen-bond acceptors (Lipinski definition) is 4. The van der Waals surface area contributed by atoms with Crippen molar-refractivity contribution in [3.8, 4) is 0 Å². The Morgan fingerprint density at radius 1 is 1.25 bits per heavy atom. The van der Waals surface area contributed by atoms with Gasteiger partial charge in [0.05, 0.1) is 18.0 Å². The van der Waals surface area contributed by atoms with Gasteiger partial charge in [0.15, 0.2) is 0 Å². The Balaban J connectivity index is 1.47. The van der Waals surface area contributed by atoms with Crippen molar-refractivity contribution in [3.05, 3.63) is 36.3 Å². The van der Waals surface area contributed by atoms with Gasteiger partial charge in [0.2, 0.25) is 11.8 Å². The van der Waals surface area contributed by atoms with E-state index in [1.54, 1.807) is 16.7 Å². The average Bonchev–Trinajstić information content (AvgIpc) is 3.32. The van der Waals surface area contributed by atoms with E-state index < -0.39 is 0 Å². The molecule has 0 bridgehead atoms. The SMILES string of the molecule is O=C(C1CSCN1C(=O)Cc1cn2ccccc2n1)N1CCCC1. The van der Waals surface area contributed by atoms with E-state index in [0.717, 1.165) is 37.3 Å². The molecule has 7 heteroatoms. The summed E-state index contributed by atoms with van der Waals surface area (Å²) in [6, 6.07) is 5.47. The van der Waals surface area contributed by atoms with Crippen LogP contribution in [0.5, 0.6) is 0 Å². The molecule has 0 spiro atoms. The van der Waals surface area contributed by atoms with Gasteiger partial charge in [-0.05, 0) is 25.0 Å². The third-order valence-electron chi connectivity index (χ3n) is 4.65. The average molecular weight is 344 g/mol. The molecular weight excluding hydrogens is 324 g/mol. The van der Waals surface area contributed by atoms with Gasteiger partial charge in [0, 0.05) is 31.2 Å². The Morgan fingerprint density at radius 2 is 2.08 bits per heavy atom. The fourth-order valence-electron chi connectivity index (χ4n) is 3.37. The van der Waals surface area contributed by atoms with E-state index in [2.05, 4.69) is 4.98 Å². The van der Waals surface area contributed by atoms with E-state index in [9.17, 15) is 9.59 Å². The Bertz CT molecular complexity index is 736. The van der Waals surface area contributed by atoms with Crippen LogP contribution in [-0.2, 0) is 16.0 Å². The summed E-state index contributed by atoms with van der Waals surface area (Å²) in [6.07, 6.45) is 6.18. The van der Waals surface area contributed by atoms with Crippen LogP contribution in [0.3, 0.4) is 0 Å². The van der Waals surface area contributed by atoms with Crippen molar-refractivity contribution < 1.29 is 9.59 Å². The number of imidazole rings is 1. The van der Waals surface area contributed by atoms with Gasteiger partial charge in [-0.15, -0.1) is 11.8 Å². The minimum Gasteiger partial charge on any atom is -0.341 e. The summed E-state index contributed by atoms with van der Waals surface area (Å²) in [4.78, 5) is 33.5. The van der Waals surface area contributed by atoms with E-state index >= 15 is 0 Å². The van der Waals surface area contributed by atoms with Crippen LogP contribution in [0.2, 0.25) is 0 Å². The number of carbonyl (C=O) groups is 2. The summed E-state index contributed by atoms with van der Waals surface area (Å²) in [6.45, 7) is 1.66. The standard InChI is InChI=1S/C17H20N4O2S/c22-16(9-13-10-20-8-2-1-5-15(20)18-13)21-12-24-11-14(21)17(23)19-6-3-4-7-19/h1-2,5,8,10,14H,3-4,6-7,9,11-12H2. The van der Waals surface area contributed by atoms with Gasteiger partial charge in [0.25, 0.3) is 0 Å². The third kappa shape index (κ3) is 2.88. The maximum absolute atomic E-state index is 12.7. The van der Waals surface area contributed by atoms with Crippen LogP contribution in [0.15, 0.2) is 30.6 Å². The zero-order chi connectivity index (χ0) is 16.5. The minimum absolute atomic E-state index is 0.0130. The molecule has 1 unspecified atom stereocenters. The lowest BCUT2D eigenvalue weighted by Crippen LogP contribution is -2.48. The molecule has 0 radical (unpaired) electrons. The highest BCUT2D eigenvalue weighted by Crippen LogP contribution is 2.25. The number of nitrogens with zero attached hydrogens (tertiary/aromatic N) is 4. The van der Waals surface area contributed by atoms with E-state index in [1.807, 2.05) is 39.9 Å². The number of aromatic nitrogens is 2. The van der Waals surface area contributed by atoms with Crippen molar-refractivity contribution in [1.82, 2.24) is 19.2 Å². The number of amides is 2. The molecular formula is C17H20N4O2S. The van der Waals surface area contributed by atoms with E-state index in [4.69, 9.17) is 0 Å². The first-order valence-corrected chi connectivity index (χ1v) is 9.46. The van der Waals surface area contributed by atoms with Crippen LogP contribution in [0, 0.1) is 0 Å². The Labute approximate surface area is 144 Å². The van der Waals surface area contributed by atoms with Crippen molar-refractivity contribution in [1.29, 1.82) is 0 Å². The number of rotatable bonds is 3. The largest absolute Gasteiger partial charge is 0.341 e. The molecule has 126 valence electrons. The Morgan fingerprint density at radius 3 is 2.88 bits per heavy atom. The van der Waals surface area contributed by atoms with Gasteiger partial charge in [-0.1, -0.05) is 6.07 Å². The summed E-state index contributed by atoms with van der Waals surface area (Å²) >= 11 is 1.65. The third-order valence-corrected chi connectivity index (χ3v) is 5.66. The zero-order valence-corrected chi connectivity index (χ0v) is 14.2. The van der Waals surface area contributed by atoms with Crippen molar-refractivity contribution in [2.24, 2.45) is 0 Å². The molecule has 2 aliphatic heterocycles. The molecule has 2 amide bonds. The van der Waals surface area contributed by atoms with Crippen LogP contribution in [0.1, 0.15) is 18.5 Å². The number of thioether (sulfide) groups is 1. The quantitative estimate of drug-likeness (QED) is 0.845. The van der Waals surface area contributed by atoms with E-state index in [-0.39, 0.29) is 24.3 Å². The predicted octanol–water partition coefficient (Wildman–Crippen LogP) is 1.40. The molecule has 4 rings (SSSR count). The number of fused-ring (bicyclic) bond motifs is 1. The first-order valence-electron chi connectivity index (χ1n) is 8.31. The van der Waals surface area contributed by atoms with Gasteiger partial charge >= 0.3 is 0 Å². The number of pyridine rings is 1. The molecule has 2 saturated heterocycles. The lowest BCUT2D eigenvalue weighted by Gasteiger charge is -2.26. The first-order chi connectivity index (χ1) is 11.7. The lowest BCUT2D eigenvalue weighted by molar-refractivity contribution is -0.142. The fourth-order valence-corrected chi connectivity index (χ4v) is 4.54. The minimum atomic E-state index is -0.308. The zero-order valence-electron chi connectivity index (χ0n) is 13.4. The summed E-state index contributed by atoms with van der Waals surface area (Å²) in [7, 11) is 0. The van der Waals surface area contributed by atoms with Crippen LogP contribution >= 0.6 is 11.8 Å². The van der Waals surface area contributed by atoms with Crippen molar-refractivity contribution in [3.63, 3.8) is 0 Å². The molecule has 6 nitrogen and oxygen atoms in total. The van der Waals surface area contributed by atoms with Crippen LogP contribution < -0.4 is 0 Å². The Kier molecular flexibility index (Phi) is 4.18. The van der Waals surface area contributed by atoms with Gasteiger partial charge < -0.3 is 14.2 Å². The van der Waals surface area contributed by atoms with Crippen molar-refractivity contribution in [2.75, 3.05) is 24.7 Å². The monoisotopic (exact) mass is 344 g/mol.